The maximum absolute atomic E-state index is 13.0. The lowest BCUT2D eigenvalue weighted by molar-refractivity contribution is -0.137. The first kappa shape index (κ1) is 17.9. The number of likely N-dealkylation sites (N-methyl/N-ethyl adjacent to an activating group) is 1. The molecule has 0 saturated carbocycles. The standard InChI is InChI=1S/C17H27N5O3/c1-19-10-15(11-19)22-9-13(8-16(22)23)17(24)21(6-7-25-3)12-14-4-5-18-20(14)2/h4-5,13,15H,6-12H2,1-3H3. The molecule has 1 atom stereocenters. The topological polar surface area (TPSA) is 70.9 Å². The molecule has 0 spiro atoms. The van der Waals surface area contributed by atoms with Crippen molar-refractivity contribution in [3.63, 3.8) is 0 Å². The molecular weight excluding hydrogens is 322 g/mol. The molecule has 1 aromatic heterocycles. The lowest BCUT2D eigenvalue weighted by Gasteiger charge is -2.42. The average molecular weight is 349 g/mol. The molecule has 2 aliphatic rings. The number of aryl methyl sites for hydroxylation is 1. The van der Waals surface area contributed by atoms with Crippen LogP contribution < -0.4 is 0 Å². The molecule has 0 aromatic carbocycles. The molecule has 1 unspecified atom stereocenters. The van der Waals surface area contributed by atoms with Gasteiger partial charge in [0, 0.05) is 53.0 Å². The van der Waals surface area contributed by atoms with Crippen molar-refractivity contribution < 1.29 is 14.3 Å². The van der Waals surface area contributed by atoms with Crippen LogP contribution in [0.4, 0.5) is 0 Å². The Morgan fingerprint density at radius 2 is 2.12 bits per heavy atom. The predicted molar refractivity (Wildman–Crippen MR) is 91.6 cm³/mol. The van der Waals surface area contributed by atoms with Gasteiger partial charge in [-0.15, -0.1) is 0 Å². The number of ether oxygens (including phenoxy) is 1. The van der Waals surface area contributed by atoms with E-state index < -0.39 is 0 Å². The molecular formula is C17H27N5O3. The largest absolute Gasteiger partial charge is 0.383 e. The highest BCUT2D eigenvalue weighted by Crippen LogP contribution is 2.26. The zero-order valence-electron chi connectivity index (χ0n) is 15.2. The number of hydrogen-bond acceptors (Lipinski definition) is 5. The van der Waals surface area contributed by atoms with Crippen molar-refractivity contribution in [3.8, 4) is 0 Å². The van der Waals surface area contributed by atoms with Crippen LogP contribution in [0.3, 0.4) is 0 Å². The second kappa shape index (κ2) is 7.53. The Morgan fingerprint density at radius 3 is 2.72 bits per heavy atom. The molecule has 2 fully saturated rings. The van der Waals surface area contributed by atoms with Gasteiger partial charge in [0.2, 0.25) is 11.8 Å². The molecule has 0 N–H and O–H groups in total. The van der Waals surface area contributed by atoms with Gasteiger partial charge in [-0.2, -0.15) is 5.10 Å². The zero-order chi connectivity index (χ0) is 18.0. The molecule has 2 saturated heterocycles. The van der Waals surface area contributed by atoms with Gasteiger partial charge in [-0.05, 0) is 13.1 Å². The summed E-state index contributed by atoms with van der Waals surface area (Å²) < 4.78 is 6.92. The van der Waals surface area contributed by atoms with E-state index in [0.717, 1.165) is 18.8 Å². The minimum absolute atomic E-state index is 0.0294. The Morgan fingerprint density at radius 1 is 1.36 bits per heavy atom. The van der Waals surface area contributed by atoms with Crippen molar-refractivity contribution >= 4 is 11.8 Å². The highest BCUT2D eigenvalue weighted by atomic mass is 16.5. The third-order valence-corrected chi connectivity index (χ3v) is 5.15. The molecule has 3 rings (SSSR count). The SMILES string of the molecule is COCCN(Cc1ccnn1C)C(=O)C1CC(=O)N(C2CN(C)C2)C1. The fourth-order valence-electron chi connectivity index (χ4n) is 3.59. The molecule has 0 radical (unpaired) electrons. The number of rotatable bonds is 7. The van der Waals surface area contributed by atoms with E-state index in [1.807, 2.05) is 25.1 Å². The molecule has 25 heavy (non-hydrogen) atoms. The van der Waals surface area contributed by atoms with Crippen molar-refractivity contribution in [2.24, 2.45) is 13.0 Å². The average Bonchev–Trinajstić information content (AvgIpc) is 3.13. The summed E-state index contributed by atoms with van der Waals surface area (Å²) in [7, 11) is 5.53. The lowest BCUT2D eigenvalue weighted by atomic mass is 10.1. The summed E-state index contributed by atoms with van der Waals surface area (Å²) in [5.41, 5.74) is 0.964. The molecule has 2 aliphatic heterocycles. The van der Waals surface area contributed by atoms with E-state index in [4.69, 9.17) is 4.74 Å². The normalized spacial score (nSPS) is 21.6. The third-order valence-electron chi connectivity index (χ3n) is 5.15. The monoisotopic (exact) mass is 349 g/mol. The fourth-order valence-corrected chi connectivity index (χ4v) is 3.59. The molecule has 138 valence electrons. The van der Waals surface area contributed by atoms with Crippen LogP contribution in [-0.2, 0) is 27.9 Å². The Kier molecular flexibility index (Phi) is 5.39. The van der Waals surface area contributed by atoms with Crippen molar-refractivity contribution in [2.45, 2.75) is 19.0 Å². The van der Waals surface area contributed by atoms with Gasteiger partial charge < -0.3 is 19.4 Å². The van der Waals surface area contributed by atoms with Crippen LogP contribution in [0.1, 0.15) is 12.1 Å². The molecule has 2 amide bonds. The summed E-state index contributed by atoms with van der Waals surface area (Å²) in [6.45, 7) is 3.80. The quantitative estimate of drug-likeness (QED) is 0.667. The number of aromatic nitrogens is 2. The number of likely N-dealkylation sites (tertiary alicyclic amines) is 2. The number of hydrogen-bond donors (Lipinski definition) is 0. The van der Waals surface area contributed by atoms with Gasteiger partial charge in [0.25, 0.3) is 0 Å². The smallest absolute Gasteiger partial charge is 0.228 e. The van der Waals surface area contributed by atoms with Gasteiger partial charge in [0.05, 0.1) is 30.8 Å². The van der Waals surface area contributed by atoms with Crippen molar-refractivity contribution in [2.75, 3.05) is 46.9 Å². The Labute approximate surface area is 148 Å². The molecule has 8 nitrogen and oxygen atoms in total. The van der Waals surface area contributed by atoms with Gasteiger partial charge in [0.1, 0.15) is 0 Å². The van der Waals surface area contributed by atoms with Gasteiger partial charge in [-0.25, -0.2) is 0 Å². The van der Waals surface area contributed by atoms with Crippen LogP contribution in [0, 0.1) is 5.92 Å². The summed E-state index contributed by atoms with van der Waals surface area (Å²) in [5.74, 6) is -0.131. The Hall–Kier alpha value is -1.93. The van der Waals surface area contributed by atoms with E-state index >= 15 is 0 Å². The van der Waals surface area contributed by atoms with Gasteiger partial charge in [0.15, 0.2) is 0 Å². The van der Waals surface area contributed by atoms with Crippen LogP contribution >= 0.6 is 0 Å². The Balaban J connectivity index is 1.65. The molecule has 0 aliphatic carbocycles. The number of nitrogens with zero attached hydrogens (tertiary/aromatic N) is 5. The van der Waals surface area contributed by atoms with E-state index in [1.54, 1.807) is 22.9 Å². The summed E-state index contributed by atoms with van der Waals surface area (Å²) >= 11 is 0. The zero-order valence-corrected chi connectivity index (χ0v) is 15.2. The van der Waals surface area contributed by atoms with Crippen LogP contribution in [0.2, 0.25) is 0 Å². The first-order valence-electron chi connectivity index (χ1n) is 8.72. The van der Waals surface area contributed by atoms with Crippen LogP contribution in [-0.4, -0.2) is 89.3 Å². The number of methoxy groups -OCH3 is 1. The van der Waals surface area contributed by atoms with E-state index in [1.165, 1.54) is 0 Å². The van der Waals surface area contributed by atoms with Gasteiger partial charge >= 0.3 is 0 Å². The van der Waals surface area contributed by atoms with Crippen molar-refractivity contribution in [1.29, 1.82) is 0 Å². The summed E-state index contributed by atoms with van der Waals surface area (Å²) in [6, 6.07) is 2.17. The van der Waals surface area contributed by atoms with E-state index in [2.05, 4.69) is 10.00 Å². The second-order valence-corrected chi connectivity index (χ2v) is 7.02. The summed E-state index contributed by atoms with van der Waals surface area (Å²) in [4.78, 5) is 31.2. The molecule has 0 bridgehead atoms. The second-order valence-electron chi connectivity index (χ2n) is 7.02. The Bertz CT molecular complexity index is 626. The number of carbonyl (C=O) groups is 2. The first-order chi connectivity index (χ1) is 12.0. The fraction of sp³-hybridized carbons (Fsp3) is 0.706. The van der Waals surface area contributed by atoms with Gasteiger partial charge in [-0.3, -0.25) is 14.3 Å². The van der Waals surface area contributed by atoms with Gasteiger partial charge in [-0.1, -0.05) is 0 Å². The van der Waals surface area contributed by atoms with Crippen LogP contribution in [0.25, 0.3) is 0 Å². The minimum Gasteiger partial charge on any atom is -0.383 e. The van der Waals surface area contributed by atoms with Crippen LogP contribution in [0.5, 0.6) is 0 Å². The third kappa shape index (κ3) is 3.85. The summed E-state index contributed by atoms with van der Waals surface area (Å²) in [6.07, 6.45) is 2.04. The van der Waals surface area contributed by atoms with Crippen molar-refractivity contribution in [1.82, 2.24) is 24.5 Å². The van der Waals surface area contributed by atoms with E-state index in [-0.39, 0.29) is 23.8 Å². The van der Waals surface area contributed by atoms with E-state index in [0.29, 0.717) is 32.7 Å². The maximum atomic E-state index is 13.0. The maximum Gasteiger partial charge on any atom is 0.228 e. The summed E-state index contributed by atoms with van der Waals surface area (Å²) in [5, 5.41) is 4.16. The van der Waals surface area contributed by atoms with Crippen LogP contribution in [0.15, 0.2) is 12.3 Å². The number of amides is 2. The predicted octanol–water partition coefficient (Wildman–Crippen LogP) is -0.442. The van der Waals surface area contributed by atoms with Crippen molar-refractivity contribution in [3.05, 3.63) is 18.0 Å². The number of carbonyl (C=O) groups excluding carboxylic acids is 2. The highest BCUT2D eigenvalue weighted by molar-refractivity contribution is 5.89. The lowest BCUT2D eigenvalue weighted by Crippen LogP contribution is -2.58. The first-order valence-corrected chi connectivity index (χ1v) is 8.72. The molecule has 3 heterocycles. The molecule has 1 aromatic rings. The highest BCUT2D eigenvalue weighted by Gasteiger charge is 2.42. The molecule has 8 heteroatoms. The van der Waals surface area contributed by atoms with E-state index in [9.17, 15) is 9.59 Å². The minimum atomic E-state index is -0.261.